The summed E-state index contributed by atoms with van der Waals surface area (Å²) in [6, 6.07) is 12.6. The van der Waals surface area contributed by atoms with Gasteiger partial charge >= 0.3 is 12.1 Å². The van der Waals surface area contributed by atoms with E-state index in [0.717, 1.165) is 24.0 Å². The molecule has 204 valence electrons. The second-order valence-corrected chi connectivity index (χ2v) is 8.83. The molecule has 1 fully saturated rings. The molecule has 8 nitrogen and oxygen atoms in total. The smallest absolute Gasteiger partial charge is 0.490 e. The standard InChI is InChI=1S/C24H32N2O4.C2HF3O2/c1-4-5-12-30-24(19-9-7-6-8-17(19)2)15-26(16-24)23(28)20(25)13-18-10-11-22(29-3)21(27)14-18;3-2(4,5)1(6)7/h6-11,14,20,27H,4-5,12-13,15-16,25H2,1-3H3;(H,6,7). The Bertz CT molecular complexity index is 1070. The zero-order chi connectivity index (χ0) is 27.8. The molecule has 4 N–H and O–H groups in total. The van der Waals surface area contributed by atoms with Gasteiger partial charge in [-0.1, -0.05) is 43.7 Å². The van der Waals surface area contributed by atoms with Gasteiger partial charge in [-0.2, -0.15) is 13.2 Å². The van der Waals surface area contributed by atoms with Crippen molar-refractivity contribution < 1.29 is 42.4 Å². The number of carbonyl (C=O) groups is 2. The van der Waals surface area contributed by atoms with Gasteiger partial charge < -0.3 is 30.3 Å². The summed E-state index contributed by atoms with van der Waals surface area (Å²) in [5.74, 6) is -2.42. The quantitative estimate of drug-likeness (QED) is 0.425. The maximum Gasteiger partial charge on any atom is 0.490 e. The molecule has 1 aliphatic rings. The number of carboxylic acids is 1. The van der Waals surface area contributed by atoms with E-state index in [4.69, 9.17) is 25.1 Å². The number of nitrogens with two attached hydrogens (primary N) is 1. The SMILES string of the molecule is CCCCOC1(c2ccccc2C)CN(C(=O)C(N)Cc2ccc(OC)c(O)c2)C1.O=C(O)C(F)(F)F. The number of rotatable bonds is 9. The number of benzene rings is 2. The van der Waals surface area contributed by atoms with E-state index >= 15 is 0 Å². The normalized spacial score (nSPS) is 15.2. The van der Waals surface area contributed by atoms with Crippen molar-refractivity contribution in [1.29, 1.82) is 0 Å². The third kappa shape index (κ3) is 7.83. The number of carbonyl (C=O) groups excluding carboxylic acids is 1. The van der Waals surface area contributed by atoms with Crippen LogP contribution in [0.2, 0.25) is 0 Å². The van der Waals surface area contributed by atoms with Gasteiger partial charge in [-0.25, -0.2) is 4.79 Å². The Morgan fingerprint density at radius 2 is 1.81 bits per heavy atom. The number of phenols is 1. The van der Waals surface area contributed by atoms with Gasteiger partial charge in [-0.3, -0.25) is 4.79 Å². The lowest BCUT2D eigenvalue weighted by Gasteiger charge is -2.51. The summed E-state index contributed by atoms with van der Waals surface area (Å²) in [6.07, 6.45) is -2.69. The Balaban J connectivity index is 0.000000604. The number of unbranched alkanes of at least 4 members (excludes halogenated alkanes) is 1. The Hall–Kier alpha value is -3.31. The molecule has 1 amide bonds. The summed E-state index contributed by atoms with van der Waals surface area (Å²) in [5, 5.41) is 17.1. The number of aliphatic carboxylic acids is 1. The van der Waals surface area contributed by atoms with Crippen LogP contribution in [0.5, 0.6) is 11.5 Å². The molecule has 1 saturated heterocycles. The van der Waals surface area contributed by atoms with E-state index < -0.39 is 23.8 Å². The molecule has 0 aromatic heterocycles. The zero-order valence-corrected chi connectivity index (χ0v) is 21.0. The topological polar surface area (TPSA) is 122 Å². The largest absolute Gasteiger partial charge is 0.504 e. The summed E-state index contributed by atoms with van der Waals surface area (Å²) in [4.78, 5) is 23.6. The fourth-order valence-electron chi connectivity index (χ4n) is 4.00. The van der Waals surface area contributed by atoms with Crippen LogP contribution in [0.1, 0.15) is 36.5 Å². The monoisotopic (exact) mass is 526 g/mol. The molecule has 37 heavy (non-hydrogen) atoms. The molecule has 2 aromatic rings. The molecule has 0 aliphatic carbocycles. The molecule has 3 rings (SSSR count). The number of aryl methyl sites for hydroxylation is 1. The van der Waals surface area contributed by atoms with Crippen molar-refractivity contribution >= 4 is 11.9 Å². The molecular weight excluding hydrogens is 493 g/mol. The average Bonchev–Trinajstić information content (AvgIpc) is 2.81. The van der Waals surface area contributed by atoms with Crippen LogP contribution in [-0.4, -0.2) is 66.0 Å². The summed E-state index contributed by atoms with van der Waals surface area (Å²) in [5.41, 5.74) is 8.84. The number of hydrogen-bond acceptors (Lipinski definition) is 6. The van der Waals surface area contributed by atoms with Crippen LogP contribution in [-0.2, 0) is 26.3 Å². The van der Waals surface area contributed by atoms with E-state index in [1.807, 2.05) is 18.2 Å². The number of phenolic OH excluding ortho intramolecular Hbond substituents is 1. The highest BCUT2D eigenvalue weighted by Gasteiger charge is 2.49. The fourth-order valence-corrected chi connectivity index (χ4v) is 4.00. The van der Waals surface area contributed by atoms with Crippen molar-refractivity contribution in [2.45, 2.75) is 50.9 Å². The number of aromatic hydroxyl groups is 1. The first-order chi connectivity index (χ1) is 17.3. The fraction of sp³-hybridized carbons (Fsp3) is 0.462. The number of hydrogen-bond donors (Lipinski definition) is 3. The first-order valence-corrected chi connectivity index (χ1v) is 11.7. The van der Waals surface area contributed by atoms with Crippen molar-refractivity contribution in [3.8, 4) is 11.5 Å². The lowest BCUT2D eigenvalue weighted by atomic mass is 9.82. The van der Waals surface area contributed by atoms with Crippen LogP contribution in [0.4, 0.5) is 13.2 Å². The van der Waals surface area contributed by atoms with Crippen molar-refractivity contribution in [3.63, 3.8) is 0 Å². The Morgan fingerprint density at radius 1 is 1.19 bits per heavy atom. The number of methoxy groups -OCH3 is 1. The van der Waals surface area contributed by atoms with Crippen molar-refractivity contribution in [1.82, 2.24) is 4.90 Å². The lowest BCUT2D eigenvalue weighted by molar-refractivity contribution is -0.192. The first kappa shape index (κ1) is 29.9. The van der Waals surface area contributed by atoms with Crippen LogP contribution < -0.4 is 10.5 Å². The van der Waals surface area contributed by atoms with Gasteiger partial charge in [-0.15, -0.1) is 0 Å². The van der Waals surface area contributed by atoms with Crippen LogP contribution >= 0.6 is 0 Å². The van der Waals surface area contributed by atoms with Gasteiger partial charge in [0.05, 0.1) is 26.2 Å². The first-order valence-electron chi connectivity index (χ1n) is 11.7. The van der Waals surface area contributed by atoms with Gasteiger partial charge in [0.2, 0.25) is 5.91 Å². The highest BCUT2D eigenvalue weighted by atomic mass is 19.4. The van der Waals surface area contributed by atoms with Gasteiger partial charge in [0, 0.05) is 6.61 Å². The minimum absolute atomic E-state index is 0.0430. The molecule has 1 atom stereocenters. The Morgan fingerprint density at radius 3 is 2.32 bits per heavy atom. The maximum atomic E-state index is 12.9. The molecule has 2 aromatic carbocycles. The highest BCUT2D eigenvalue weighted by Crippen LogP contribution is 2.38. The Labute approximate surface area is 213 Å². The molecular formula is C26H33F3N2O6. The molecule has 1 unspecified atom stereocenters. The molecule has 0 spiro atoms. The number of alkyl halides is 3. The van der Waals surface area contributed by atoms with E-state index in [2.05, 4.69) is 26.0 Å². The molecule has 1 heterocycles. The number of halogens is 3. The molecule has 0 saturated carbocycles. The maximum absolute atomic E-state index is 12.9. The predicted octanol–water partition coefficient (Wildman–Crippen LogP) is 3.77. The van der Waals surface area contributed by atoms with E-state index in [1.165, 1.54) is 12.7 Å². The van der Waals surface area contributed by atoms with Crippen molar-refractivity contribution in [3.05, 3.63) is 59.2 Å². The number of nitrogens with zero attached hydrogens (tertiary/aromatic N) is 1. The van der Waals surface area contributed by atoms with Gasteiger partial charge in [0.15, 0.2) is 11.5 Å². The third-order valence-corrected chi connectivity index (χ3v) is 5.97. The second kappa shape index (κ2) is 12.8. The summed E-state index contributed by atoms with van der Waals surface area (Å²) >= 11 is 0. The van der Waals surface area contributed by atoms with E-state index in [9.17, 15) is 23.1 Å². The molecule has 1 aliphatic heterocycles. The van der Waals surface area contributed by atoms with Crippen LogP contribution in [0.15, 0.2) is 42.5 Å². The van der Waals surface area contributed by atoms with Gasteiger partial charge in [-0.05, 0) is 48.6 Å². The zero-order valence-electron chi connectivity index (χ0n) is 21.0. The number of carboxylic acid groups (broad SMARTS) is 1. The summed E-state index contributed by atoms with van der Waals surface area (Å²) in [7, 11) is 1.50. The lowest BCUT2D eigenvalue weighted by Crippen LogP contribution is -2.65. The Kier molecular flexibility index (Phi) is 10.3. The number of amides is 1. The van der Waals surface area contributed by atoms with Crippen LogP contribution in [0.3, 0.4) is 0 Å². The molecule has 0 bridgehead atoms. The number of ether oxygens (including phenoxy) is 2. The predicted molar refractivity (Wildman–Crippen MR) is 130 cm³/mol. The van der Waals surface area contributed by atoms with Crippen LogP contribution in [0.25, 0.3) is 0 Å². The third-order valence-electron chi connectivity index (χ3n) is 5.97. The minimum atomic E-state index is -5.08. The second-order valence-electron chi connectivity index (χ2n) is 8.83. The minimum Gasteiger partial charge on any atom is -0.504 e. The van der Waals surface area contributed by atoms with E-state index in [-0.39, 0.29) is 11.7 Å². The average molecular weight is 527 g/mol. The number of likely N-dealkylation sites (tertiary alicyclic amines) is 1. The molecule has 0 radical (unpaired) electrons. The van der Waals surface area contributed by atoms with Gasteiger partial charge in [0.25, 0.3) is 0 Å². The van der Waals surface area contributed by atoms with Crippen molar-refractivity contribution in [2.75, 3.05) is 26.8 Å². The summed E-state index contributed by atoms with van der Waals surface area (Å²) in [6.45, 7) is 5.89. The van der Waals surface area contributed by atoms with Crippen molar-refractivity contribution in [2.24, 2.45) is 5.73 Å². The van der Waals surface area contributed by atoms with E-state index in [1.54, 1.807) is 17.0 Å². The van der Waals surface area contributed by atoms with E-state index in [0.29, 0.717) is 31.9 Å². The highest BCUT2D eigenvalue weighted by molar-refractivity contribution is 5.83. The van der Waals surface area contributed by atoms with Crippen LogP contribution in [0, 0.1) is 6.92 Å². The summed E-state index contributed by atoms with van der Waals surface area (Å²) < 4.78 is 43.1. The molecule has 11 heteroatoms. The van der Waals surface area contributed by atoms with Gasteiger partial charge in [0.1, 0.15) is 5.60 Å².